The summed E-state index contributed by atoms with van der Waals surface area (Å²) in [5.74, 6) is -0.218. The number of rotatable bonds is 8. The Labute approximate surface area is 177 Å². The highest BCUT2D eigenvalue weighted by molar-refractivity contribution is 9.12. The number of allylic oxidation sites excluding steroid dienone is 7. The predicted octanol–water partition coefficient (Wildman–Crippen LogP) is 5.38. The summed E-state index contributed by atoms with van der Waals surface area (Å²) in [5.41, 5.74) is 8.20. The van der Waals surface area contributed by atoms with Crippen molar-refractivity contribution < 1.29 is 14.3 Å². The molecular weight excluding hydrogens is 420 g/mol. The molecule has 6 heteroatoms. The fourth-order valence-electron chi connectivity index (χ4n) is 3.08. The molecule has 0 aromatic heterocycles. The Morgan fingerprint density at radius 2 is 1.75 bits per heavy atom. The zero-order valence-electron chi connectivity index (χ0n) is 17.7. The second kappa shape index (κ2) is 11.9. The van der Waals surface area contributed by atoms with Crippen LogP contribution in [0.15, 0.2) is 45.1 Å². The number of ketones is 1. The van der Waals surface area contributed by atoms with Gasteiger partial charge >= 0.3 is 6.09 Å². The van der Waals surface area contributed by atoms with E-state index in [9.17, 15) is 9.59 Å². The fourth-order valence-corrected chi connectivity index (χ4v) is 3.38. The fraction of sp³-hybridized carbons (Fsp3) is 0.545. The Balaban J connectivity index is 2.79. The predicted molar refractivity (Wildman–Crippen MR) is 118 cm³/mol. The number of nitrogens with two attached hydrogens (primary N) is 1. The molecule has 0 atom stereocenters. The third kappa shape index (κ3) is 7.30. The summed E-state index contributed by atoms with van der Waals surface area (Å²) >= 11 is 3.51. The number of carbonyl (C=O) groups excluding carboxylic acids is 2. The number of carbonyl (C=O) groups is 2. The van der Waals surface area contributed by atoms with Gasteiger partial charge in [-0.2, -0.15) is 0 Å². The lowest BCUT2D eigenvalue weighted by molar-refractivity contribution is -0.112. The topological polar surface area (TPSA) is 72.6 Å². The number of hydrogen-bond acceptors (Lipinski definition) is 4. The van der Waals surface area contributed by atoms with E-state index in [0.717, 1.165) is 42.2 Å². The third-order valence-electron chi connectivity index (χ3n) is 4.98. The number of halogens is 1. The van der Waals surface area contributed by atoms with Crippen molar-refractivity contribution in [3.63, 3.8) is 0 Å². The molecule has 1 amide bonds. The third-order valence-corrected chi connectivity index (χ3v) is 5.87. The molecule has 1 aliphatic rings. The first-order valence-electron chi connectivity index (χ1n) is 9.79. The van der Waals surface area contributed by atoms with Crippen LogP contribution in [-0.2, 0) is 9.53 Å². The SMILES string of the molecule is CC/C=C(C)/C(Br)=C\C=C(/C)C(=O)/C(COC(=O)N(C)C1CCCC1)=C(/C)N. The lowest BCUT2D eigenvalue weighted by Gasteiger charge is -2.23. The standard InChI is InChI=1S/C22H33BrN2O3/c1-6-9-15(2)20(23)13-12-16(3)21(26)19(17(4)24)14-28-22(27)25(5)18-10-7-8-11-18/h9,12-13,18H,6-8,10-11,14,24H2,1-5H3/b15-9+,16-12+,19-17-,20-13+. The van der Waals surface area contributed by atoms with Crippen molar-refractivity contribution in [2.45, 2.75) is 65.8 Å². The van der Waals surface area contributed by atoms with E-state index in [0.29, 0.717) is 16.8 Å². The monoisotopic (exact) mass is 452 g/mol. The normalized spacial score (nSPS) is 17.4. The van der Waals surface area contributed by atoms with Crippen LogP contribution in [0.3, 0.4) is 0 Å². The molecule has 1 saturated carbocycles. The highest BCUT2D eigenvalue weighted by Gasteiger charge is 2.25. The van der Waals surface area contributed by atoms with E-state index >= 15 is 0 Å². The first-order valence-corrected chi connectivity index (χ1v) is 10.6. The number of hydrogen-bond donors (Lipinski definition) is 1. The Bertz CT molecular complexity index is 695. The highest BCUT2D eigenvalue weighted by atomic mass is 79.9. The minimum atomic E-state index is -0.414. The summed E-state index contributed by atoms with van der Waals surface area (Å²) in [6, 6.07) is 0.220. The average molecular weight is 453 g/mol. The van der Waals surface area contributed by atoms with E-state index in [2.05, 4.69) is 28.9 Å². The summed E-state index contributed by atoms with van der Waals surface area (Å²) in [6.45, 7) is 7.33. The summed E-state index contributed by atoms with van der Waals surface area (Å²) < 4.78 is 6.29. The van der Waals surface area contributed by atoms with Gasteiger partial charge in [-0.15, -0.1) is 0 Å². The van der Waals surface area contributed by atoms with E-state index in [1.807, 2.05) is 13.0 Å². The molecule has 0 radical (unpaired) electrons. The molecule has 0 unspecified atom stereocenters. The van der Waals surface area contributed by atoms with Gasteiger partial charge in [0.15, 0.2) is 5.78 Å². The summed E-state index contributed by atoms with van der Waals surface area (Å²) in [7, 11) is 1.75. The first-order chi connectivity index (χ1) is 13.2. The second-order valence-corrected chi connectivity index (χ2v) is 8.11. The minimum Gasteiger partial charge on any atom is -0.444 e. The van der Waals surface area contributed by atoms with Crippen molar-refractivity contribution in [1.82, 2.24) is 4.90 Å². The summed E-state index contributed by atoms with van der Waals surface area (Å²) in [5, 5.41) is 0. The lowest BCUT2D eigenvalue weighted by atomic mass is 10.0. The van der Waals surface area contributed by atoms with Crippen LogP contribution in [0, 0.1) is 0 Å². The molecule has 1 fully saturated rings. The van der Waals surface area contributed by atoms with Gasteiger partial charge in [-0.05, 0) is 57.3 Å². The number of amides is 1. The molecule has 0 aromatic rings. The van der Waals surface area contributed by atoms with Crippen LogP contribution in [-0.4, -0.2) is 36.5 Å². The zero-order valence-corrected chi connectivity index (χ0v) is 19.3. The van der Waals surface area contributed by atoms with Gasteiger partial charge < -0.3 is 15.4 Å². The summed E-state index contributed by atoms with van der Waals surface area (Å²) in [6.07, 6.45) is 10.5. The van der Waals surface area contributed by atoms with E-state index in [-0.39, 0.29) is 18.4 Å². The smallest absolute Gasteiger partial charge is 0.410 e. The molecule has 0 saturated heterocycles. The maximum atomic E-state index is 12.8. The van der Waals surface area contributed by atoms with Gasteiger partial charge in [-0.25, -0.2) is 4.79 Å². The second-order valence-electron chi connectivity index (χ2n) is 7.25. The van der Waals surface area contributed by atoms with Crippen molar-refractivity contribution in [3.05, 3.63) is 45.1 Å². The van der Waals surface area contributed by atoms with Crippen molar-refractivity contribution in [2.75, 3.05) is 13.7 Å². The molecular formula is C22H33BrN2O3. The van der Waals surface area contributed by atoms with Gasteiger partial charge in [0.05, 0.1) is 5.57 Å². The zero-order chi connectivity index (χ0) is 21.3. The molecule has 156 valence electrons. The summed E-state index contributed by atoms with van der Waals surface area (Å²) in [4.78, 5) is 26.7. The van der Waals surface area contributed by atoms with Crippen LogP contribution in [0.25, 0.3) is 0 Å². The molecule has 0 aromatic carbocycles. The largest absolute Gasteiger partial charge is 0.444 e. The minimum absolute atomic E-state index is 0.123. The van der Waals surface area contributed by atoms with Crippen LogP contribution in [0.5, 0.6) is 0 Å². The van der Waals surface area contributed by atoms with Crippen LogP contribution >= 0.6 is 15.9 Å². The van der Waals surface area contributed by atoms with Gasteiger partial charge in [0, 0.05) is 23.3 Å². The molecule has 1 rings (SSSR count). The van der Waals surface area contributed by atoms with Gasteiger partial charge in [0.1, 0.15) is 6.61 Å². The van der Waals surface area contributed by atoms with Crippen molar-refractivity contribution in [2.24, 2.45) is 5.73 Å². The van der Waals surface area contributed by atoms with Gasteiger partial charge in [0.25, 0.3) is 0 Å². The Morgan fingerprint density at radius 3 is 2.29 bits per heavy atom. The van der Waals surface area contributed by atoms with Crippen molar-refractivity contribution >= 4 is 27.8 Å². The molecule has 2 N–H and O–H groups in total. The van der Waals surface area contributed by atoms with Gasteiger partial charge in [-0.1, -0.05) is 47.8 Å². The number of Topliss-reactive ketones (excluding diaryl/α,β-unsaturated/α-hetero) is 1. The molecule has 0 heterocycles. The van der Waals surface area contributed by atoms with Crippen LogP contribution in [0.1, 0.15) is 59.8 Å². The van der Waals surface area contributed by atoms with Gasteiger partial charge in [-0.3, -0.25) is 4.79 Å². The van der Waals surface area contributed by atoms with E-state index in [1.165, 1.54) is 0 Å². The Hall–Kier alpha value is -1.82. The molecule has 28 heavy (non-hydrogen) atoms. The average Bonchev–Trinajstić information content (AvgIpc) is 3.19. The Kier molecular flexibility index (Phi) is 10.3. The number of nitrogens with zero attached hydrogens (tertiary/aromatic N) is 1. The van der Waals surface area contributed by atoms with Crippen LogP contribution in [0.2, 0.25) is 0 Å². The quantitative estimate of drug-likeness (QED) is 0.396. The number of ether oxygens (including phenoxy) is 1. The molecule has 5 nitrogen and oxygen atoms in total. The van der Waals surface area contributed by atoms with Crippen LogP contribution < -0.4 is 5.73 Å². The van der Waals surface area contributed by atoms with Crippen molar-refractivity contribution in [3.8, 4) is 0 Å². The van der Waals surface area contributed by atoms with E-state index in [4.69, 9.17) is 10.5 Å². The van der Waals surface area contributed by atoms with Gasteiger partial charge in [0.2, 0.25) is 0 Å². The van der Waals surface area contributed by atoms with Crippen LogP contribution in [0.4, 0.5) is 4.79 Å². The molecule has 0 bridgehead atoms. The highest BCUT2D eigenvalue weighted by Crippen LogP contribution is 2.23. The van der Waals surface area contributed by atoms with E-state index < -0.39 is 6.09 Å². The maximum Gasteiger partial charge on any atom is 0.410 e. The first kappa shape index (κ1) is 24.2. The van der Waals surface area contributed by atoms with Crippen molar-refractivity contribution in [1.29, 1.82) is 0 Å². The Morgan fingerprint density at radius 1 is 1.14 bits per heavy atom. The molecule has 0 aliphatic heterocycles. The molecule has 1 aliphatic carbocycles. The van der Waals surface area contributed by atoms with E-state index in [1.54, 1.807) is 31.9 Å². The maximum absolute atomic E-state index is 12.8. The lowest BCUT2D eigenvalue weighted by Crippen LogP contribution is -2.36. The molecule has 0 spiro atoms.